The summed E-state index contributed by atoms with van der Waals surface area (Å²) in [6, 6.07) is 5.21. The maximum absolute atomic E-state index is 12.7. The standard InChI is InChI=1S/C19H28N4O2/c1-2-21-12-14-23(15-13-21)19(25)17-9-7-8-16(20-17)18(24)22-10-5-3-4-6-11-22/h7-9H,2-6,10-15H2,1H3. The minimum absolute atomic E-state index is 0.0487. The van der Waals surface area contributed by atoms with E-state index in [-0.39, 0.29) is 11.8 Å². The lowest BCUT2D eigenvalue weighted by Crippen LogP contribution is -2.48. The molecule has 2 saturated heterocycles. The zero-order valence-corrected chi connectivity index (χ0v) is 15.1. The van der Waals surface area contributed by atoms with Gasteiger partial charge in [0, 0.05) is 39.3 Å². The molecule has 1 aromatic rings. The van der Waals surface area contributed by atoms with Crippen LogP contribution >= 0.6 is 0 Å². The molecular formula is C19H28N4O2. The molecule has 0 aliphatic carbocycles. The summed E-state index contributed by atoms with van der Waals surface area (Å²) in [6.45, 7) is 7.97. The molecule has 1 aromatic heterocycles. The summed E-state index contributed by atoms with van der Waals surface area (Å²) in [5.74, 6) is -0.117. The van der Waals surface area contributed by atoms with E-state index in [1.807, 2.05) is 9.80 Å². The third-order valence-corrected chi connectivity index (χ3v) is 5.19. The summed E-state index contributed by atoms with van der Waals surface area (Å²) < 4.78 is 0. The van der Waals surface area contributed by atoms with Crippen molar-refractivity contribution < 1.29 is 9.59 Å². The Kier molecular flexibility index (Phi) is 6.02. The topological polar surface area (TPSA) is 56.8 Å². The van der Waals surface area contributed by atoms with Gasteiger partial charge in [-0.3, -0.25) is 9.59 Å². The zero-order chi connectivity index (χ0) is 17.6. The van der Waals surface area contributed by atoms with Crippen LogP contribution in [0.15, 0.2) is 18.2 Å². The molecule has 25 heavy (non-hydrogen) atoms. The van der Waals surface area contributed by atoms with Gasteiger partial charge in [-0.05, 0) is 31.5 Å². The molecular weight excluding hydrogens is 316 g/mol. The molecule has 2 aliphatic rings. The number of likely N-dealkylation sites (tertiary alicyclic amines) is 1. The van der Waals surface area contributed by atoms with Crippen LogP contribution in [0.2, 0.25) is 0 Å². The van der Waals surface area contributed by atoms with Crippen molar-refractivity contribution in [3.63, 3.8) is 0 Å². The van der Waals surface area contributed by atoms with Crippen LogP contribution < -0.4 is 0 Å². The van der Waals surface area contributed by atoms with Gasteiger partial charge in [-0.15, -0.1) is 0 Å². The fourth-order valence-electron chi connectivity index (χ4n) is 3.54. The quantitative estimate of drug-likeness (QED) is 0.840. The molecule has 0 N–H and O–H groups in total. The molecule has 2 fully saturated rings. The van der Waals surface area contributed by atoms with Gasteiger partial charge in [-0.1, -0.05) is 25.8 Å². The molecule has 0 unspecified atom stereocenters. The van der Waals surface area contributed by atoms with E-state index in [1.54, 1.807) is 18.2 Å². The van der Waals surface area contributed by atoms with Crippen molar-refractivity contribution in [2.24, 2.45) is 0 Å². The maximum atomic E-state index is 12.7. The van der Waals surface area contributed by atoms with Crippen LogP contribution in [0.4, 0.5) is 0 Å². The van der Waals surface area contributed by atoms with Crippen LogP contribution in [0.25, 0.3) is 0 Å². The molecule has 0 saturated carbocycles. The number of likely N-dealkylation sites (N-methyl/N-ethyl adjacent to an activating group) is 1. The number of aromatic nitrogens is 1. The highest BCUT2D eigenvalue weighted by atomic mass is 16.2. The van der Waals surface area contributed by atoms with Gasteiger partial charge >= 0.3 is 0 Å². The number of hydrogen-bond donors (Lipinski definition) is 0. The minimum Gasteiger partial charge on any atom is -0.337 e. The SMILES string of the molecule is CCN1CCN(C(=O)c2cccc(C(=O)N3CCCCCC3)n2)CC1. The third-order valence-electron chi connectivity index (χ3n) is 5.19. The van der Waals surface area contributed by atoms with E-state index in [9.17, 15) is 9.59 Å². The number of amides is 2. The van der Waals surface area contributed by atoms with Gasteiger partial charge in [-0.25, -0.2) is 4.98 Å². The number of hydrogen-bond acceptors (Lipinski definition) is 4. The van der Waals surface area contributed by atoms with Crippen molar-refractivity contribution in [1.82, 2.24) is 19.7 Å². The van der Waals surface area contributed by atoms with Gasteiger partial charge in [0.2, 0.25) is 0 Å². The fourth-order valence-corrected chi connectivity index (χ4v) is 3.54. The van der Waals surface area contributed by atoms with Crippen molar-refractivity contribution in [2.75, 3.05) is 45.8 Å². The van der Waals surface area contributed by atoms with E-state index in [4.69, 9.17) is 0 Å². The maximum Gasteiger partial charge on any atom is 0.272 e. The highest BCUT2D eigenvalue weighted by Crippen LogP contribution is 2.14. The minimum atomic E-state index is -0.0683. The molecule has 6 nitrogen and oxygen atoms in total. The van der Waals surface area contributed by atoms with Crippen LogP contribution in [0, 0.1) is 0 Å². The summed E-state index contributed by atoms with van der Waals surface area (Å²) in [5.41, 5.74) is 0.769. The number of carbonyl (C=O) groups is 2. The average Bonchev–Trinajstić information content (AvgIpc) is 2.96. The number of nitrogens with zero attached hydrogens (tertiary/aromatic N) is 4. The molecule has 2 aliphatic heterocycles. The van der Waals surface area contributed by atoms with Crippen molar-refractivity contribution in [3.05, 3.63) is 29.6 Å². The summed E-state index contributed by atoms with van der Waals surface area (Å²) >= 11 is 0. The highest BCUT2D eigenvalue weighted by molar-refractivity contribution is 5.96. The molecule has 3 heterocycles. The summed E-state index contributed by atoms with van der Waals surface area (Å²) in [7, 11) is 0. The second-order valence-corrected chi connectivity index (χ2v) is 6.84. The van der Waals surface area contributed by atoms with Gasteiger partial charge in [0.05, 0.1) is 0 Å². The summed E-state index contributed by atoms with van der Waals surface area (Å²) in [6.07, 6.45) is 4.46. The first-order valence-electron chi connectivity index (χ1n) is 9.47. The van der Waals surface area contributed by atoms with Gasteiger partial charge in [0.15, 0.2) is 0 Å². The number of pyridine rings is 1. The molecule has 136 valence electrons. The fraction of sp³-hybridized carbons (Fsp3) is 0.632. The van der Waals surface area contributed by atoms with Gasteiger partial charge in [-0.2, -0.15) is 0 Å². The van der Waals surface area contributed by atoms with E-state index < -0.39 is 0 Å². The second-order valence-electron chi connectivity index (χ2n) is 6.84. The van der Waals surface area contributed by atoms with Crippen LogP contribution in [0.3, 0.4) is 0 Å². The Hall–Kier alpha value is -1.95. The zero-order valence-electron chi connectivity index (χ0n) is 15.1. The number of piperazine rings is 1. The number of carbonyl (C=O) groups excluding carboxylic acids is 2. The van der Waals surface area contributed by atoms with Gasteiger partial charge in [0.25, 0.3) is 11.8 Å². The first-order valence-corrected chi connectivity index (χ1v) is 9.47. The predicted octanol–water partition coefficient (Wildman–Crippen LogP) is 1.88. The van der Waals surface area contributed by atoms with Crippen molar-refractivity contribution in [2.45, 2.75) is 32.6 Å². The van der Waals surface area contributed by atoms with Crippen LogP contribution in [0.5, 0.6) is 0 Å². The molecule has 0 radical (unpaired) electrons. The predicted molar refractivity (Wildman–Crippen MR) is 96.6 cm³/mol. The van der Waals surface area contributed by atoms with E-state index in [0.29, 0.717) is 11.4 Å². The Morgan fingerprint density at radius 3 is 1.88 bits per heavy atom. The first kappa shape index (κ1) is 17.9. The lowest BCUT2D eigenvalue weighted by atomic mass is 10.2. The largest absolute Gasteiger partial charge is 0.337 e. The molecule has 2 amide bonds. The Balaban J connectivity index is 1.68. The third kappa shape index (κ3) is 4.37. The van der Waals surface area contributed by atoms with E-state index in [2.05, 4.69) is 16.8 Å². The lowest BCUT2D eigenvalue weighted by Gasteiger charge is -2.33. The molecule has 0 aromatic carbocycles. The normalized spacial score (nSPS) is 19.6. The molecule has 3 rings (SSSR count). The average molecular weight is 344 g/mol. The monoisotopic (exact) mass is 344 g/mol. The lowest BCUT2D eigenvalue weighted by molar-refractivity contribution is 0.0637. The van der Waals surface area contributed by atoms with Gasteiger partial charge < -0.3 is 14.7 Å². The van der Waals surface area contributed by atoms with Crippen LogP contribution in [0.1, 0.15) is 53.6 Å². The van der Waals surface area contributed by atoms with Crippen molar-refractivity contribution >= 4 is 11.8 Å². The highest BCUT2D eigenvalue weighted by Gasteiger charge is 2.24. The Bertz CT molecular complexity index is 603. The van der Waals surface area contributed by atoms with Crippen LogP contribution in [-0.2, 0) is 0 Å². The summed E-state index contributed by atoms with van der Waals surface area (Å²) in [5, 5.41) is 0. The number of rotatable bonds is 3. The molecule has 0 bridgehead atoms. The van der Waals surface area contributed by atoms with E-state index >= 15 is 0 Å². The van der Waals surface area contributed by atoms with Crippen LogP contribution in [-0.4, -0.2) is 77.3 Å². The van der Waals surface area contributed by atoms with Crippen molar-refractivity contribution in [3.8, 4) is 0 Å². The second kappa shape index (κ2) is 8.43. The summed E-state index contributed by atoms with van der Waals surface area (Å²) in [4.78, 5) is 35.9. The van der Waals surface area contributed by atoms with Gasteiger partial charge in [0.1, 0.15) is 11.4 Å². The Labute approximate surface area is 149 Å². The van der Waals surface area contributed by atoms with E-state index in [1.165, 1.54) is 12.8 Å². The van der Waals surface area contributed by atoms with E-state index in [0.717, 1.165) is 58.7 Å². The molecule has 0 atom stereocenters. The van der Waals surface area contributed by atoms with Crippen molar-refractivity contribution in [1.29, 1.82) is 0 Å². The molecule has 0 spiro atoms. The Morgan fingerprint density at radius 1 is 0.840 bits per heavy atom. The molecule has 6 heteroatoms. The smallest absolute Gasteiger partial charge is 0.272 e. The first-order chi connectivity index (χ1) is 12.2. The Morgan fingerprint density at radius 2 is 1.36 bits per heavy atom.